The van der Waals surface area contributed by atoms with E-state index in [1.54, 1.807) is 6.07 Å². The van der Waals surface area contributed by atoms with Crippen molar-refractivity contribution in [2.75, 3.05) is 18.9 Å². The lowest BCUT2D eigenvalue weighted by molar-refractivity contribution is -0.117. The van der Waals surface area contributed by atoms with Crippen LogP contribution in [-0.2, 0) is 11.3 Å². The number of carbonyl (C=O) groups is 1. The molecule has 0 fully saturated rings. The summed E-state index contributed by atoms with van der Waals surface area (Å²) in [6.07, 6.45) is 0. The van der Waals surface area contributed by atoms with Crippen molar-refractivity contribution >= 4 is 23.2 Å². The summed E-state index contributed by atoms with van der Waals surface area (Å²) in [7, 11) is 1.95. The van der Waals surface area contributed by atoms with Crippen LogP contribution in [0.1, 0.15) is 22.3 Å². The first kappa shape index (κ1) is 17.5. The lowest BCUT2D eigenvalue weighted by Gasteiger charge is -2.18. The molecular weight excluding hydrogens is 308 g/mol. The summed E-state index contributed by atoms with van der Waals surface area (Å²) in [6, 6.07) is 11.9. The highest BCUT2D eigenvalue weighted by Gasteiger charge is 2.10. The van der Waals surface area contributed by atoms with Gasteiger partial charge in [-0.2, -0.15) is 0 Å². The van der Waals surface area contributed by atoms with Crippen LogP contribution >= 0.6 is 11.6 Å². The van der Waals surface area contributed by atoms with Crippen LogP contribution in [0.2, 0.25) is 5.02 Å². The third-order valence-electron chi connectivity index (χ3n) is 3.81. The van der Waals surface area contributed by atoms with Crippen LogP contribution in [0.15, 0.2) is 36.4 Å². The van der Waals surface area contributed by atoms with E-state index in [0.29, 0.717) is 11.6 Å². The number of aryl methyl sites for hydroxylation is 3. The van der Waals surface area contributed by atoms with E-state index in [1.165, 1.54) is 16.7 Å². The van der Waals surface area contributed by atoms with Gasteiger partial charge in [-0.15, -0.1) is 0 Å². The summed E-state index contributed by atoms with van der Waals surface area (Å²) in [5, 5.41) is 3.61. The number of nitrogens with one attached hydrogen (secondary N) is 1. The van der Waals surface area contributed by atoms with E-state index in [9.17, 15) is 4.79 Å². The minimum Gasteiger partial charge on any atom is -0.325 e. The number of hydrogen-bond acceptors (Lipinski definition) is 2. The number of hydrogen-bond donors (Lipinski definition) is 1. The quantitative estimate of drug-likeness (QED) is 0.884. The molecule has 0 heterocycles. The molecule has 0 spiro atoms. The summed E-state index contributed by atoms with van der Waals surface area (Å²) in [6.45, 7) is 7.21. The first-order valence-corrected chi connectivity index (χ1v) is 8.03. The van der Waals surface area contributed by atoms with Crippen molar-refractivity contribution < 1.29 is 4.79 Å². The fraction of sp³-hybridized carbons (Fsp3) is 0.316. The Bertz CT molecular complexity index is 713. The zero-order valence-corrected chi connectivity index (χ0v) is 14.9. The highest BCUT2D eigenvalue weighted by atomic mass is 35.5. The number of anilines is 1. The van der Waals surface area contributed by atoms with Gasteiger partial charge in [-0.05, 0) is 62.7 Å². The molecule has 0 bridgehead atoms. The minimum absolute atomic E-state index is 0.0253. The molecule has 4 heteroatoms. The molecular formula is C19H23ClN2O. The maximum absolute atomic E-state index is 12.2. The van der Waals surface area contributed by atoms with E-state index in [4.69, 9.17) is 11.6 Å². The smallest absolute Gasteiger partial charge is 0.238 e. The Morgan fingerprint density at radius 3 is 2.48 bits per heavy atom. The van der Waals surface area contributed by atoms with Crippen molar-refractivity contribution in [3.63, 3.8) is 0 Å². The number of benzene rings is 2. The maximum Gasteiger partial charge on any atom is 0.238 e. The summed E-state index contributed by atoms with van der Waals surface area (Å²) in [5.74, 6) is -0.0253. The first-order valence-electron chi connectivity index (χ1n) is 7.66. The van der Waals surface area contributed by atoms with Crippen molar-refractivity contribution in [3.05, 3.63) is 63.7 Å². The summed E-state index contributed by atoms with van der Waals surface area (Å²) >= 11 is 5.93. The molecule has 3 nitrogen and oxygen atoms in total. The van der Waals surface area contributed by atoms with Gasteiger partial charge in [0.1, 0.15) is 0 Å². The van der Waals surface area contributed by atoms with Crippen LogP contribution in [0.25, 0.3) is 0 Å². The number of carbonyl (C=O) groups excluding carboxylic acids is 1. The molecule has 2 rings (SSSR count). The van der Waals surface area contributed by atoms with Crippen molar-refractivity contribution in [1.82, 2.24) is 4.90 Å². The molecule has 0 saturated heterocycles. The molecule has 0 radical (unpaired) electrons. The average Bonchev–Trinajstić information content (AvgIpc) is 2.45. The molecule has 0 aliphatic heterocycles. The molecule has 2 aromatic rings. The molecule has 0 aliphatic carbocycles. The van der Waals surface area contributed by atoms with Gasteiger partial charge in [-0.1, -0.05) is 35.4 Å². The normalized spacial score (nSPS) is 10.9. The topological polar surface area (TPSA) is 32.3 Å². The minimum atomic E-state index is -0.0253. The van der Waals surface area contributed by atoms with Crippen molar-refractivity contribution in [1.29, 1.82) is 0 Å². The fourth-order valence-electron chi connectivity index (χ4n) is 2.57. The first-order chi connectivity index (χ1) is 10.8. The predicted octanol–water partition coefficient (Wildman–Crippen LogP) is 4.34. The van der Waals surface area contributed by atoms with E-state index >= 15 is 0 Å². The Morgan fingerprint density at radius 2 is 1.83 bits per heavy atom. The molecule has 2 aromatic carbocycles. The van der Waals surface area contributed by atoms with E-state index in [2.05, 4.69) is 37.4 Å². The monoisotopic (exact) mass is 330 g/mol. The predicted molar refractivity (Wildman–Crippen MR) is 97.1 cm³/mol. The molecule has 0 atom stereocenters. The largest absolute Gasteiger partial charge is 0.325 e. The number of halogens is 1. The highest BCUT2D eigenvalue weighted by Crippen LogP contribution is 2.19. The second-order valence-electron chi connectivity index (χ2n) is 6.11. The second kappa shape index (κ2) is 7.62. The number of rotatable bonds is 5. The standard InChI is InChI=1S/C19H23ClN2O/c1-13-5-6-16(14(2)9-13)11-22(4)12-19(23)21-18-8-7-17(20)10-15(18)3/h5-10H,11-12H2,1-4H3,(H,21,23). The molecule has 0 unspecified atom stereocenters. The van der Waals surface area contributed by atoms with Gasteiger partial charge in [-0.25, -0.2) is 0 Å². The highest BCUT2D eigenvalue weighted by molar-refractivity contribution is 6.30. The Hall–Kier alpha value is -1.84. The van der Waals surface area contributed by atoms with Gasteiger partial charge in [0.25, 0.3) is 0 Å². The summed E-state index contributed by atoms with van der Waals surface area (Å²) < 4.78 is 0. The van der Waals surface area contributed by atoms with Crippen LogP contribution in [-0.4, -0.2) is 24.4 Å². The molecule has 0 aliphatic rings. The molecule has 0 aromatic heterocycles. The zero-order valence-electron chi connectivity index (χ0n) is 14.1. The number of nitrogens with zero attached hydrogens (tertiary/aromatic N) is 1. The van der Waals surface area contributed by atoms with E-state index in [0.717, 1.165) is 17.8 Å². The maximum atomic E-state index is 12.2. The molecule has 1 N–H and O–H groups in total. The fourth-order valence-corrected chi connectivity index (χ4v) is 2.80. The van der Waals surface area contributed by atoms with Crippen molar-refractivity contribution in [3.8, 4) is 0 Å². The Labute approximate surface area is 143 Å². The van der Waals surface area contributed by atoms with Crippen LogP contribution in [0.4, 0.5) is 5.69 Å². The third kappa shape index (κ3) is 5.08. The van der Waals surface area contributed by atoms with Crippen LogP contribution in [0.5, 0.6) is 0 Å². The van der Waals surface area contributed by atoms with E-state index in [-0.39, 0.29) is 5.91 Å². The molecule has 0 saturated carbocycles. The van der Waals surface area contributed by atoms with Gasteiger partial charge in [0.15, 0.2) is 0 Å². The summed E-state index contributed by atoms with van der Waals surface area (Å²) in [5.41, 5.74) is 5.52. The lowest BCUT2D eigenvalue weighted by Crippen LogP contribution is -2.30. The SMILES string of the molecule is Cc1ccc(CN(C)CC(=O)Nc2ccc(Cl)cc2C)c(C)c1. The Morgan fingerprint density at radius 1 is 1.09 bits per heavy atom. The van der Waals surface area contributed by atoms with Gasteiger partial charge in [0.2, 0.25) is 5.91 Å². The van der Waals surface area contributed by atoms with Crippen LogP contribution in [0, 0.1) is 20.8 Å². The van der Waals surface area contributed by atoms with Crippen molar-refractivity contribution in [2.45, 2.75) is 27.3 Å². The number of amides is 1. The second-order valence-corrected chi connectivity index (χ2v) is 6.55. The lowest BCUT2D eigenvalue weighted by atomic mass is 10.1. The van der Waals surface area contributed by atoms with E-state index in [1.807, 2.05) is 31.0 Å². The van der Waals surface area contributed by atoms with Gasteiger partial charge in [0, 0.05) is 17.3 Å². The average molecular weight is 331 g/mol. The van der Waals surface area contributed by atoms with E-state index < -0.39 is 0 Å². The van der Waals surface area contributed by atoms with Crippen LogP contribution < -0.4 is 5.32 Å². The molecule has 122 valence electrons. The van der Waals surface area contributed by atoms with Gasteiger partial charge in [0.05, 0.1) is 6.54 Å². The summed E-state index contributed by atoms with van der Waals surface area (Å²) in [4.78, 5) is 14.2. The zero-order chi connectivity index (χ0) is 17.0. The third-order valence-corrected chi connectivity index (χ3v) is 4.05. The Kier molecular flexibility index (Phi) is 5.80. The molecule has 1 amide bonds. The van der Waals surface area contributed by atoms with Crippen LogP contribution in [0.3, 0.4) is 0 Å². The molecule has 23 heavy (non-hydrogen) atoms. The Balaban J connectivity index is 1.94. The number of likely N-dealkylation sites (N-methyl/N-ethyl adjacent to an activating group) is 1. The van der Waals surface area contributed by atoms with Crippen molar-refractivity contribution in [2.24, 2.45) is 0 Å². The van der Waals surface area contributed by atoms with Gasteiger partial charge < -0.3 is 5.32 Å². The van der Waals surface area contributed by atoms with Gasteiger partial charge in [-0.3, -0.25) is 9.69 Å². The van der Waals surface area contributed by atoms with Gasteiger partial charge >= 0.3 is 0 Å².